The van der Waals surface area contributed by atoms with Crippen LogP contribution < -0.4 is 5.32 Å². The summed E-state index contributed by atoms with van der Waals surface area (Å²) >= 11 is 0. The van der Waals surface area contributed by atoms with Crippen LogP contribution in [0.2, 0.25) is 0 Å². The van der Waals surface area contributed by atoms with Gasteiger partial charge in [-0.25, -0.2) is 0 Å². The minimum Gasteiger partial charge on any atom is -0.394 e. The number of amides is 1. The maximum Gasteiger partial charge on any atom is 0.217 e. The number of ether oxygens (including phenoxy) is 5. The molecule has 0 radical (unpaired) electrons. The average Bonchev–Trinajstić information content (AvgIpc) is 2.81. The van der Waals surface area contributed by atoms with E-state index in [1.807, 2.05) is 0 Å². The number of carbonyl (C=O) groups is 1. The summed E-state index contributed by atoms with van der Waals surface area (Å²) in [6.45, 7) is 1.27. The predicted octanol–water partition coefficient (Wildman–Crippen LogP) is -5.37. The fraction of sp³-hybridized carbons (Fsp3) is 0.950. The second-order valence-corrected chi connectivity index (χ2v) is 8.94. The molecule has 9 N–H and O–H groups in total. The Hall–Kier alpha value is -1.05. The van der Waals surface area contributed by atoms with Crippen molar-refractivity contribution < 1.29 is 69.3 Å². The van der Waals surface area contributed by atoms with Gasteiger partial charge < -0.3 is 69.9 Å². The van der Waals surface area contributed by atoms with Gasteiger partial charge >= 0.3 is 0 Å². The van der Waals surface area contributed by atoms with Gasteiger partial charge in [0.05, 0.1) is 25.4 Å². The van der Waals surface area contributed by atoms with Crippen molar-refractivity contribution in [3.8, 4) is 0 Å². The first-order chi connectivity index (χ1) is 16.5. The fourth-order valence-electron chi connectivity index (χ4n) is 4.39. The van der Waals surface area contributed by atoms with E-state index in [1.54, 1.807) is 0 Å². The molecule has 0 aromatic heterocycles. The summed E-state index contributed by atoms with van der Waals surface area (Å²) in [5.74, 6) is -0.582. The van der Waals surface area contributed by atoms with E-state index in [4.69, 9.17) is 23.7 Å². The van der Waals surface area contributed by atoms with E-state index < -0.39 is 105 Å². The SMILES string of the molecule is CC(=O)N[C@@H]1[C@@H](O[C@H]2C[C@@H](O)[C@@H](O)[C@@H](CO)O2)[C@H](O[C@@H]2O[C@@H](C)[C@@H](O)[C@@H](O)[C@@H]2O)[C@@H](CO)O[C@H]1O. The monoisotopic (exact) mass is 513 g/mol. The topological polar surface area (TPSA) is 237 Å². The third-order valence-corrected chi connectivity index (χ3v) is 6.34. The highest BCUT2D eigenvalue weighted by Crippen LogP contribution is 2.32. The third kappa shape index (κ3) is 6.27. The molecule has 0 unspecified atom stereocenters. The Morgan fingerprint density at radius 1 is 0.857 bits per heavy atom. The summed E-state index contributed by atoms with van der Waals surface area (Å²) in [5, 5.41) is 82.8. The van der Waals surface area contributed by atoms with Crippen molar-refractivity contribution in [3.05, 3.63) is 0 Å². The zero-order valence-corrected chi connectivity index (χ0v) is 19.2. The van der Waals surface area contributed by atoms with Gasteiger partial charge in [0, 0.05) is 13.3 Å². The Morgan fingerprint density at radius 3 is 2.11 bits per heavy atom. The van der Waals surface area contributed by atoms with Gasteiger partial charge in [0.1, 0.15) is 54.9 Å². The molecule has 0 bridgehead atoms. The molecule has 0 aliphatic carbocycles. The molecule has 3 saturated heterocycles. The van der Waals surface area contributed by atoms with Crippen LogP contribution in [0.5, 0.6) is 0 Å². The van der Waals surface area contributed by atoms with Gasteiger partial charge in [-0.1, -0.05) is 0 Å². The number of aliphatic hydroxyl groups is 8. The highest BCUT2D eigenvalue weighted by molar-refractivity contribution is 5.73. The standard InChI is InChI=1S/C20H35NO14/c1-6-13(26)15(28)16(29)20(31-6)35-17-10(5-23)33-19(30)12(21-7(2)24)18(17)34-11-3-8(25)14(27)9(4-22)32-11/h6,8-20,22-23,25-30H,3-5H2,1-2H3,(H,21,24)/t6-,8+,9+,10+,11-,12+,13+,14+,15+,16-,17+,18+,19+,20-/m0/s1. The summed E-state index contributed by atoms with van der Waals surface area (Å²) in [4.78, 5) is 11.8. The van der Waals surface area contributed by atoms with Crippen molar-refractivity contribution >= 4 is 5.91 Å². The van der Waals surface area contributed by atoms with Crippen molar-refractivity contribution in [1.82, 2.24) is 5.32 Å². The van der Waals surface area contributed by atoms with Crippen molar-refractivity contribution in [1.29, 1.82) is 0 Å². The second kappa shape index (κ2) is 12.0. The first-order valence-corrected chi connectivity index (χ1v) is 11.3. The van der Waals surface area contributed by atoms with Crippen molar-refractivity contribution in [2.75, 3.05) is 13.2 Å². The number of carbonyl (C=O) groups excluding carboxylic acids is 1. The lowest BCUT2D eigenvalue weighted by atomic mass is 9.95. The highest BCUT2D eigenvalue weighted by Gasteiger charge is 2.52. The van der Waals surface area contributed by atoms with Gasteiger partial charge in [0.25, 0.3) is 0 Å². The van der Waals surface area contributed by atoms with Crippen LogP contribution in [-0.2, 0) is 28.5 Å². The Labute approximate surface area is 200 Å². The molecule has 15 nitrogen and oxygen atoms in total. The molecule has 3 heterocycles. The molecule has 0 saturated carbocycles. The smallest absolute Gasteiger partial charge is 0.217 e. The van der Waals surface area contributed by atoms with Crippen molar-refractivity contribution in [2.45, 2.75) is 106 Å². The van der Waals surface area contributed by atoms with Crippen LogP contribution in [-0.4, -0.2) is 146 Å². The van der Waals surface area contributed by atoms with Gasteiger partial charge in [-0.15, -0.1) is 0 Å². The molecule has 3 fully saturated rings. The third-order valence-electron chi connectivity index (χ3n) is 6.34. The van der Waals surface area contributed by atoms with Gasteiger partial charge in [0.2, 0.25) is 5.91 Å². The molecule has 3 aliphatic rings. The Balaban J connectivity index is 1.88. The van der Waals surface area contributed by atoms with Gasteiger partial charge in [-0.2, -0.15) is 0 Å². The molecule has 35 heavy (non-hydrogen) atoms. The molecule has 15 heteroatoms. The van der Waals surface area contributed by atoms with Crippen LogP contribution in [0.4, 0.5) is 0 Å². The van der Waals surface area contributed by atoms with Gasteiger partial charge in [0.15, 0.2) is 18.9 Å². The van der Waals surface area contributed by atoms with Crippen LogP contribution in [0.25, 0.3) is 0 Å². The van der Waals surface area contributed by atoms with E-state index in [0.717, 1.165) is 0 Å². The summed E-state index contributed by atoms with van der Waals surface area (Å²) < 4.78 is 28.1. The lowest BCUT2D eigenvalue weighted by Crippen LogP contribution is -2.68. The minimum atomic E-state index is -1.71. The molecule has 0 aromatic rings. The molecule has 0 spiro atoms. The maximum absolute atomic E-state index is 11.8. The molecule has 14 atom stereocenters. The first kappa shape index (κ1) is 28.5. The fourth-order valence-corrected chi connectivity index (χ4v) is 4.39. The summed E-state index contributed by atoms with van der Waals surface area (Å²) in [6.07, 6.45) is -18.3. The van der Waals surface area contributed by atoms with Crippen LogP contribution in [0.15, 0.2) is 0 Å². The number of aliphatic hydroxyl groups excluding tert-OH is 8. The zero-order chi connectivity index (χ0) is 26.0. The predicted molar refractivity (Wildman–Crippen MR) is 110 cm³/mol. The second-order valence-electron chi connectivity index (χ2n) is 8.94. The maximum atomic E-state index is 11.8. The summed E-state index contributed by atoms with van der Waals surface area (Å²) in [7, 11) is 0. The average molecular weight is 513 g/mol. The molecule has 204 valence electrons. The van der Waals surface area contributed by atoms with Crippen molar-refractivity contribution in [2.24, 2.45) is 0 Å². The molecular formula is C20H35NO14. The normalized spacial score (nSPS) is 49.0. The lowest BCUT2D eigenvalue weighted by Gasteiger charge is -2.48. The molecule has 0 aromatic carbocycles. The highest BCUT2D eigenvalue weighted by atomic mass is 16.7. The van der Waals surface area contributed by atoms with Crippen LogP contribution in [0.1, 0.15) is 20.3 Å². The summed E-state index contributed by atoms with van der Waals surface area (Å²) in [6, 6.07) is -1.30. The van der Waals surface area contributed by atoms with E-state index in [9.17, 15) is 45.6 Å². The molecular weight excluding hydrogens is 478 g/mol. The van der Waals surface area contributed by atoms with Crippen LogP contribution in [0.3, 0.4) is 0 Å². The van der Waals surface area contributed by atoms with E-state index >= 15 is 0 Å². The minimum absolute atomic E-state index is 0.251. The van der Waals surface area contributed by atoms with E-state index in [1.165, 1.54) is 13.8 Å². The first-order valence-electron chi connectivity index (χ1n) is 11.3. The van der Waals surface area contributed by atoms with Crippen molar-refractivity contribution in [3.63, 3.8) is 0 Å². The number of hydrogen-bond donors (Lipinski definition) is 9. The van der Waals surface area contributed by atoms with E-state index in [-0.39, 0.29) is 6.42 Å². The molecule has 3 rings (SSSR count). The van der Waals surface area contributed by atoms with E-state index in [2.05, 4.69) is 5.32 Å². The number of hydrogen-bond acceptors (Lipinski definition) is 14. The molecule has 3 aliphatic heterocycles. The number of nitrogens with one attached hydrogen (secondary N) is 1. The van der Waals surface area contributed by atoms with E-state index in [0.29, 0.717) is 0 Å². The Kier molecular flexibility index (Phi) is 9.78. The quantitative estimate of drug-likeness (QED) is 0.155. The Morgan fingerprint density at radius 2 is 1.51 bits per heavy atom. The van der Waals surface area contributed by atoms with Gasteiger partial charge in [-0.05, 0) is 6.92 Å². The largest absolute Gasteiger partial charge is 0.394 e. The summed E-state index contributed by atoms with van der Waals surface area (Å²) in [5.41, 5.74) is 0. The Bertz CT molecular complexity index is 701. The van der Waals surface area contributed by atoms with Crippen LogP contribution >= 0.6 is 0 Å². The zero-order valence-electron chi connectivity index (χ0n) is 19.2. The molecule has 1 amide bonds. The number of rotatable bonds is 7. The van der Waals surface area contributed by atoms with Gasteiger partial charge in [-0.3, -0.25) is 4.79 Å². The van der Waals surface area contributed by atoms with Crippen LogP contribution in [0, 0.1) is 0 Å². The lowest BCUT2D eigenvalue weighted by molar-refractivity contribution is -0.360.